The van der Waals surface area contributed by atoms with Crippen LogP contribution in [0.3, 0.4) is 0 Å². The molecular formula is C21H33FO4. The number of hydrogen-bond donors (Lipinski definition) is 0. The minimum absolute atomic E-state index is 0.0111. The molecule has 2 unspecified atom stereocenters. The van der Waals surface area contributed by atoms with Gasteiger partial charge < -0.3 is 14.2 Å². The molecule has 6 atom stereocenters. The second-order valence-electron chi connectivity index (χ2n) is 8.19. The molecule has 2 saturated heterocycles. The smallest absolute Gasteiger partial charge is 0.317 e. The first-order valence-corrected chi connectivity index (χ1v) is 10.4. The quantitative estimate of drug-likeness (QED) is 0.451. The lowest BCUT2D eigenvalue weighted by atomic mass is 9.88. The first kappa shape index (κ1) is 19.7. The number of alkyl halides is 1. The Kier molecular flexibility index (Phi) is 6.96. The van der Waals surface area contributed by atoms with Crippen LogP contribution in [-0.4, -0.2) is 31.1 Å². The van der Waals surface area contributed by atoms with Crippen molar-refractivity contribution < 1.29 is 23.4 Å². The van der Waals surface area contributed by atoms with Crippen LogP contribution in [0.1, 0.15) is 71.6 Å². The van der Waals surface area contributed by atoms with Gasteiger partial charge in [-0.1, -0.05) is 26.7 Å². The Morgan fingerprint density at radius 1 is 1.38 bits per heavy atom. The van der Waals surface area contributed by atoms with Crippen LogP contribution < -0.4 is 0 Å². The van der Waals surface area contributed by atoms with E-state index in [-0.39, 0.29) is 24.3 Å². The van der Waals surface area contributed by atoms with Crippen LogP contribution >= 0.6 is 0 Å². The average Bonchev–Trinajstić information content (AvgIpc) is 3.12. The van der Waals surface area contributed by atoms with Gasteiger partial charge in [-0.15, -0.1) is 0 Å². The van der Waals surface area contributed by atoms with Gasteiger partial charge in [-0.2, -0.15) is 0 Å². The maximum absolute atomic E-state index is 14.2. The van der Waals surface area contributed by atoms with E-state index in [1.165, 1.54) is 0 Å². The summed E-state index contributed by atoms with van der Waals surface area (Å²) in [5.74, 6) is 0.682. The highest BCUT2D eigenvalue weighted by Gasteiger charge is 2.51. The van der Waals surface area contributed by atoms with Crippen molar-refractivity contribution in [2.45, 2.75) is 90.2 Å². The molecule has 2 heterocycles. The average molecular weight is 368 g/mol. The van der Waals surface area contributed by atoms with Crippen molar-refractivity contribution in [3.05, 3.63) is 11.8 Å². The first-order valence-electron chi connectivity index (χ1n) is 10.4. The third kappa shape index (κ3) is 4.79. The van der Waals surface area contributed by atoms with E-state index in [0.29, 0.717) is 31.1 Å². The van der Waals surface area contributed by atoms with Gasteiger partial charge in [0.2, 0.25) is 0 Å². The van der Waals surface area contributed by atoms with Gasteiger partial charge in [0.25, 0.3) is 0 Å². The highest BCUT2D eigenvalue weighted by atomic mass is 19.1. The summed E-state index contributed by atoms with van der Waals surface area (Å²) < 4.78 is 31.6. The van der Waals surface area contributed by atoms with Gasteiger partial charge in [-0.05, 0) is 44.1 Å². The molecular weight excluding hydrogens is 335 g/mol. The van der Waals surface area contributed by atoms with E-state index in [4.69, 9.17) is 14.2 Å². The SMILES string of the molecule is CCCC[C@@H](F)CC=C(OC1CCCCO1)C1C(=O)O[C@@H]2C[C@H](C)C[C@@H]12. The minimum atomic E-state index is -0.892. The molecule has 0 amide bonds. The molecule has 0 radical (unpaired) electrons. The summed E-state index contributed by atoms with van der Waals surface area (Å²) in [6.45, 7) is 4.94. The van der Waals surface area contributed by atoms with Gasteiger partial charge >= 0.3 is 5.97 Å². The van der Waals surface area contributed by atoms with Gasteiger partial charge in [0.15, 0.2) is 6.29 Å². The molecule has 1 saturated carbocycles. The number of ether oxygens (including phenoxy) is 3. The summed E-state index contributed by atoms with van der Waals surface area (Å²) in [6.07, 6.45) is 8.07. The largest absolute Gasteiger partial charge is 0.469 e. The zero-order valence-corrected chi connectivity index (χ0v) is 16.1. The Hall–Kier alpha value is -1.10. The van der Waals surface area contributed by atoms with E-state index in [2.05, 4.69) is 13.8 Å². The molecule has 1 aliphatic carbocycles. The Bertz CT molecular complexity index is 500. The van der Waals surface area contributed by atoms with Crippen LogP contribution in [0.4, 0.5) is 4.39 Å². The molecule has 26 heavy (non-hydrogen) atoms. The summed E-state index contributed by atoms with van der Waals surface area (Å²) in [4.78, 5) is 12.5. The molecule has 3 fully saturated rings. The summed E-state index contributed by atoms with van der Waals surface area (Å²) in [6, 6.07) is 0. The van der Waals surface area contributed by atoms with Crippen molar-refractivity contribution >= 4 is 5.97 Å². The van der Waals surface area contributed by atoms with Crippen molar-refractivity contribution in [1.82, 2.24) is 0 Å². The maximum Gasteiger partial charge on any atom is 0.317 e. The van der Waals surface area contributed by atoms with Gasteiger partial charge in [-0.3, -0.25) is 4.79 Å². The maximum atomic E-state index is 14.2. The minimum Gasteiger partial charge on any atom is -0.469 e. The number of carbonyl (C=O) groups is 1. The lowest BCUT2D eigenvalue weighted by molar-refractivity contribution is -0.155. The van der Waals surface area contributed by atoms with Crippen molar-refractivity contribution in [3.8, 4) is 0 Å². The predicted molar refractivity (Wildman–Crippen MR) is 97.1 cm³/mol. The molecule has 0 N–H and O–H groups in total. The number of unbranched alkanes of at least 4 members (excludes halogenated alkanes) is 1. The zero-order valence-electron chi connectivity index (χ0n) is 16.1. The van der Waals surface area contributed by atoms with Crippen molar-refractivity contribution in [2.24, 2.45) is 17.8 Å². The fourth-order valence-electron chi connectivity index (χ4n) is 4.49. The number of halogens is 1. The van der Waals surface area contributed by atoms with Crippen molar-refractivity contribution in [1.29, 1.82) is 0 Å². The topological polar surface area (TPSA) is 44.8 Å². The van der Waals surface area contributed by atoms with E-state index < -0.39 is 12.1 Å². The molecule has 0 spiro atoms. The number of hydrogen-bond acceptors (Lipinski definition) is 4. The molecule has 0 aromatic rings. The van der Waals surface area contributed by atoms with Crippen LogP contribution in [-0.2, 0) is 19.0 Å². The van der Waals surface area contributed by atoms with Crippen LogP contribution in [0.15, 0.2) is 11.8 Å². The fourth-order valence-corrected chi connectivity index (χ4v) is 4.49. The summed E-state index contributed by atoms with van der Waals surface area (Å²) in [5, 5.41) is 0. The Balaban J connectivity index is 1.71. The van der Waals surface area contributed by atoms with Crippen LogP contribution in [0.5, 0.6) is 0 Å². The van der Waals surface area contributed by atoms with E-state index in [1.807, 2.05) is 0 Å². The number of allylic oxidation sites excluding steroid dienone is 1. The summed E-state index contributed by atoms with van der Waals surface area (Å²) in [7, 11) is 0. The Labute approximate surface area is 156 Å². The van der Waals surface area contributed by atoms with E-state index >= 15 is 0 Å². The third-order valence-electron chi connectivity index (χ3n) is 5.89. The van der Waals surface area contributed by atoms with Gasteiger partial charge in [0.05, 0.1) is 6.61 Å². The molecule has 2 aliphatic heterocycles. The van der Waals surface area contributed by atoms with E-state index in [0.717, 1.165) is 44.9 Å². The van der Waals surface area contributed by atoms with Crippen LogP contribution in [0.2, 0.25) is 0 Å². The lowest BCUT2D eigenvalue weighted by Gasteiger charge is -2.27. The van der Waals surface area contributed by atoms with Gasteiger partial charge in [-0.25, -0.2) is 4.39 Å². The number of rotatable bonds is 8. The molecule has 5 heteroatoms. The first-order chi connectivity index (χ1) is 12.6. The number of carbonyl (C=O) groups excluding carboxylic acids is 1. The summed E-state index contributed by atoms with van der Waals surface area (Å²) >= 11 is 0. The highest BCUT2D eigenvalue weighted by molar-refractivity contribution is 5.78. The lowest BCUT2D eigenvalue weighted by Crippen LogP contribution is -2.28. The second-order valence-corrected chi connectivity index (χ2v) is 8.19. The Morgan fingerprint density at radius 2 is 2.23 bits per heavy atom. The second kappa shape index (κ2) is 9.20. The van der Waals surface area contributed by atoms with Crippen LogP contribution in [0.25, 0.3) is 0 Å². The molecule has 4 nitrogen and oxygen atoms in total. The fraction of sp³-hybridized carbons (Fsp3) is 0.857. The molecule has 148 valence electrons. The predicted octanol–water partition coefficient (Wildman–Crippen LogP) is 4.92. The van der Waals surface area contributed by atoms with Gasteiger partial charge in [0, 0.05) is 18.8 Å². The Morgan fingerprint density at radius 3 is 2.96 bits per heavy atom. The molecule has 0 aromatic heterocycles. The standard InChI is InChI=1S/C21H33FO4/c1-3-4-7-15(22)9-10-17(25-19-8-5-6-11-24-19)20-16-12-14(2)13-18(16)26-21(20)23/h10,14-16,18-20H,3-9,11-13H2,1-2H3/t14-,15-,16-,18-,19?,20?/m1/s1. The number of esters is 1. The number of fused-ring (bicyclic) bond motifs is 1. The molecule has 0 bridgehead atoms. The molecule has 0 aromatic carbocycles. The van der Waals surface area contributed by atoms with E-state index in [9.17, 15) is 9.18 Å². The molecule has 3 rings (SSSR count). The van der Waals surface area contributed by atoms with Crippen molar-refractivity contribution in [3.63, 3.8) is 0 Å². The molecule has 3 aliphatic rings. The zero-order chi connectivity index (χ0) is 18.5. The van der Waals surface area contributed by atoms with E-state index in [1.54, 1.807) is 6.08 Å². The normalized spacial score (nSPS) is 35.9. The monoisotopic (exact) mass is 368 g/mol. The van der Waals surface area contributed by atoms with Crippen LogP contribution in [0, 0.1) is 17.8 Å². The summed E-state index contributed by atoms with van der Waals surface area (Å²) in [5.41, 5.74) is 0. The van der Waals surface area contributed by atoms with Gasteiger partial charge in [0.1, 0.15) is 24.0 Å². The highest BCUT2D eigenvalue weighted by Crippen LogP contribution is 2.46. The van der Waals surface area contributed by atoms with Crippen molar-refractivity contribution in [2.75, 3.05) is 6.61 Å². The third-order valence-corrected chi connectivity index (χ3v) is 5.89.